The molecule has 0 spiro atoms. The predicted octanol–water partition coefficient (Wildman–Crippen LogP) is 2.42. The van der Waals surface area contributed by atoms with Crippen LogP contribution in [0.1, 0.15) is 5.56 Å². The van der Waals surface area contributed by atoms with Gasteiger partial charge in [0.05, 0.1) is 5.69 Å². The SMILES string of the molecule is O=C(C=Cc1cccc(F)c1)Oc1cccc(-n2cnnn2)c1. The normalized spacial score (nSPS) is 10.8. The van der Waals surface area contributed by atoms with E-state index in [9.17, 15) is 9.18 Å². The topological polar surface area (TPSA) is 69.9 Å². The van der Waals surface area contributed by atoms with Gasteiger partial charge in [0, 0.05) is 12.1 Å². The van der Waals surface area contributed by atoms with E-state index in [1.807, 2.05) is 0 Å². The summed E-state index contributed by atoms with van der Waals surface area (Å²) in [6.07, 6.45) is 4.15. The molecule has 0 radical (unpaired) electrons. The van der Waals surface area contributed by atoms with E-state index in [1.54, 1.807) is 36.4 Å². The maximum absolute atomic E-state index is 13.0. The monoisotopic (exact) mass is 310 g/mol. The number of esters is 1. The minimum atomic E-state index is -0.567. The van der Waals surface area contributed by atoms with Crippen LogP contribution < -0.4 is 4.74 Å². The minimum absolute atomic E-state index is 0.354. The van der Waals surface area contributed by atoms with Crippen LogP contribution in [0.3, 0.4) is 0 Å². The molecule has 23 heavy (non-hydrogen) atoms. The highest BCUT2D eigenvalue weighted by Crippen LogP contribution is 2.16. The van der Waals surface area contributed by atoms with E-state index in [0.29, 0.717) is 17.0 Å². The Balaban J connectivity index is 1.69. The summed E-state index contributed by atoms with van der Waals surface area (Å²) in [4.78, 5) is 11.8. The third kappa shape index (κ3) is 3.85. The molecule has 3 aromatic rings. The van der Waals surface area contributed by atoms with Crippen LogP contribution in [0.5, 0.6) is 5.75 Å². The van der Waals surface area contributed by atoms with Gasteiger partial charge >= 0.3 is 5.97 Å². The van der Waals surface area contributed by atoms with Crippen molar-refractivity contribution >= 4 is 12.0 Å². The maximum Gasteiger partial charge on any atom is 0.336 e. The van der Waals surface area contributed by atoms with E-state index in [1.165, 1.54) is 35.3 Å². The van der Waals surface area contributed by atoms with Gasteiger partial charge in [0.2, 0.25) is 0 Å². The van der Waals surface area contributed by atoms with Gasteiger partial charge in [-0.2, -0.15) is 0 Å². The first-order valence-corrected chi connectivity index (χ1v) is 6.69. The summed E-state index contributed by atoms with van der Waals surface area (Å²) in [6, 6.07) is 12.7. The van der Waals surface area contributed by atoms with Crippen molar-refractivity contribution < 1.29 is 13.9 Å². The Morgan fingerprint density at radius 2 is 2.04 bits per heavy atom. The van der Waals surface area contributed by atoms with Gasteiger partial charge in [-0.3, -0.25) is 0 Å². The number of halogens is 1. The lowest BCUT2D eigenvalue weighted by Gasteiger charge is -2.04. The molecule has 2 aromatic carbocycles. The van der Waals surface area contributed by atoms with E-state index in [-0.39, 0.29) is 5.82 Å². The third-order valence-corrected chi connectivity index (χ3v) is 2.91. The molecule has 0 atom stereocenters. The zero-order chi connectivity index (χ0) is 16.1. The van der Waals surface area contributed by atoms with Crippen molar-refractivity contribution in [2.75, 3.05) is 0 Å². The van der Waals surface area contributed by atoms with Crippen LogP contribution in [-0.4, -0.2) is 26.2 Å². The smallest absolute Gasteiger partial charge is 0.336 e. The van der Waals surface area contributed by atoms with E-state index in [4.69, 9.17) is 4.74 Å². The first kappa shape index (κ1) is 14.6. The van der Waals surface area contributed by atoms with Gasteiger partial charge in [0.1, 0.15) is 17.9 Å². The Hall–Kier alpha value is -3.35. The second-order valence-corrected chi connectivity index (χ2v) is 4.56. The van der Waals surface area contributed by atoms with E-state index in [0.717, 1.165) is 0 Å². The fraction of sp³-hybridized carbons (Fsp3) is 0. The minimum Gasteiger partial charge on any atom is -0.423 e. The molecule has 7 heteroatoms. The van der Waals surface area contributed by atoms with Crippen molar-refractivity contribution in [3.8, 4) is 11.4 Å². The number of nitrogens with zero attached hydrogens (tertiary/aromatic N) is 4. The number of carbonyl (C=O) groups excluding carboxylic acids is 1. The van der Waals surface area contributed by atoms with E-state index >= 15 is 0 Å². The van der Waals surface area contributed by atoms with Gasteiger partial charge in [0.15, 0.2) is 0 Å². The largest absolute Gasteiger partial charge is 0.423 e. The van der Waals surface area contributed by atoms with Crippen LogP contribution in [-0.2, 0) is 4.79 Å². The number of ether oxygens (including phenoxy) is 1. The van der Waals surface area contributed by atoms with Crippen molar-refractivity contribution in [2.24, 2.45) is 0 Å². The highest BCUT2D eigenvalue weighted by atomic mass is 19.1. The highest BCUT2D eigenvalue weighted by molar-refractivity contribution is 5.88. The third-order valence-electron chi connectivity index (χ3n) is 2.91. The Morgan fingerprint density at radius 1 is 1.17 bits per heavy atom. The summed E-state index contributed by atoms with van der Waals surface area (Å²) in [7, 11) is 0. The number of carbonyl (C=O) groups is 1. The fourth-order valence-electron chi connectivity index (χ4n) is 1.89. The van der Waals surface area contributed by atoms with Crippen LogP contribution in [0.25, 0.3) is 11.8 Å². The molecule has 6 nitrogen and oxygen atoms in total. The number of tetrazole rings is 1. The van der Waals surface area contributed by atoms with Gasteiger partial charge in [-0.1, -0.05) is 18.2 Å². The molecule has 0 bridgehead atoms. The lowest BCUT2D eigenvalue weighted by Crippen LogP contribution is -2.04. The summed E-state index contributed by atoms with van der Waals surface area (Å²) in [5.41, 5.74) is 1.24. The van der Waals surface area contributed by atoms with Crippen molar-refractivity contribution in [1.82, 2.24) is 20.2 Å². The predicted molar refractivity (Wildman–Crippen MR) is 80.2 cm³/mol. The molecule has 114 valence electrons. The number of benzene rings is 2. The Bertz CT molecular complexity index is 847. The molecule has 0 aliphatic rings. The molecular weight excluding hydrogens is 299 g/mol. The number of hydrogen-bond donors (Lipinski definition) is 0. The lowest BCUT2D eigenvalue weighted by atomic mass is 10.2. The molecule has 3 rings (SSSR count). The van der Waals surface area contributed by atoms with Crippen LogP contribution in [0.15, 0.2) is 60.9 Å². The average Bonchev–Trinajstić information content (AvgIpc) is 3.08. The number of rotatable bonds is 4. The van der Waals surface area contributed by atoms with Crippen molar-refractivity contribution in [2.45, 2.75) is 0 Å². The fourth-order valence-corrected chi connectivity index (χ4v) is 1.89. The molecular formula is C16H11FN4O2. The molecule has 0 aliphatic carbocycles. The van der Waals surface area contributed by atoms with Crippen LogP contribution in [0, 0.1) is 5.82 Å². The first-order chi connectivity index (χ1) is 11.2. The summed E-state index contributed by atoms with van der Waals surface area (Å²) < 4.78 is 19.7. The Labute approximate surface area is 130 Å². The van der Waals surface area contributed by atoms with Crippen LogP contribution >= 0.6 is 0 Å². The molecule has 0 unspecified atom stereocenters. The molecule has 1 aromatic heterocycles. The summed E-state index contributed by atoms with van der Waals surface area (Å²) in [5.74, 6) is -0.579. The zero-order valence-corrected chi connectivity index (χ0v) is 11.8. The Kier molecular flexibility index (Phi) is 4.19. The van der Waals surface area contributed by atoms with Crippen molar-refractivity contribution in [1.29, 1.82) is 0 Å². The molecule has 1 heterocycles. The van der Waals surface area contributed by atoms with E-state index in [2.05, 4.69) is 15.5 Å². The Morgan fingerprint density at radius 3 is 2.83 bits per heavy atom. The summed E-state index contributed by atoms with van der Waals surface area (Å²) in [6.45, 7) is 0. The van der Waals surface area contributed by atoms with Crippen LogP contribution in [0.4, 0.5) is 4.39 Å². The van der Waals surface area contributed by atoms with Crippen LogP contribution in [0.2, 0.25) is 0 Å². The quantitative estimate of drug-likeness (QED) is 0.420. The van der Waals surface area contributed by atoms with Gasteiger partial charge in [0.25, 0.3) is 0 Å². The molecule has 0 fully saturated rings. The first-order valence-electron chi connectivity index (χ1n) is 6.69. The lowest BCUT2D eigenvalue weighted by molar-refractivity contribution is -0.128. The van der Waals surface area contributed by atoms with Gasteiger partial charge in [-0.15, -0.1) is 5.10 Å². The zero-order valence-electron chi connectivity index (χ0n) is 11.8. The van der Waals surface area contributed by atoms with Gasteiger partial charge < -0.3 is 4.74 Å². The van der Waals surface area contributed by atoms with Crippen molar-refractivity contribution in [3.63, 3.8) is 0 Å². The highest BCUT2D eigenvalue weighted by Gasteiger charge is 2.04. The van der Waals surface area contributed by atoms with Gasteiger partial charge in [-0.25, -0.2) is 13.9 Å². The molecule has 0 saturated carbocycles. The molecule has 0 aliphatic heterocycles. The average molecular weight is 310 g/mol. The molecule has 0 N–H and O–H groups in total. The number of aromatic nitrogens is 4. The standard InChI is InChI=1S/C16H11FN4O2/c17-13-4-1-3-12(9-13)7-8-16(22)23-15-6-2-5-14(10-15)21-11-18-19-20-21/h1-11H. The maximum atomic E-state index is 13.0. The summed E-state index contributed by atoms with van der Waals surface area (Å²) in [5, 5.41) is 10.8. The van der Waals surface area contributed by atoms with E-state index < -0.39 is 5.97 Å². The molecule has 0 saturated heterocycles. The van der Waals surface area contributed by atoms with Gasteiger partial charge in [-0.05, 0) is 46.3 Å². The van der Waals surface area contributed by atoms with Crippen molar-refractivity contribution in [3.05, 3.63) is 72.3 Å². The second-order valence-electron chi connectivity index (χ2n) is 4.56. The molecule has 0 amide bonds. The summed E-state index contributed by atoms with van der Waals surface area (Å²) >= 11 is 0. The number of hydrogen-bond acceptors (Lipinski definition) is 5. The second kappa shape index (κ2) is 6.61.